The fourth-order valence-electron chi connectivity index (χ4n) is 2.25. The molecule has 7 heteroatoms. The van der Waals surface area contributed by atoms with E-state index >= 15 is 0 Å². The van der Waals surface area contributed by atoms with Crippen molar-refractivity contribution in [2.45, 2.75) is 12.8 Å². The molecule has 1 aliphatic rings. The zero-order valence-corrected chi connectivity index (χ0v) is 12.4. The second-order valence-electron chi connectivity index (χ2n) is 4.88. The fraction of sp³-hybridized carbons (Fsp3) is 0.429. The van der Waals surface area contributed by atoms with Crippen molar-refractivity contribution in [3.8, 4) is 5.75 Å². The van der Waals surface area contributed by atoms with Crippen LogP contribution in [0.5, 0.6) is 5.75 Å². The molecule has 1 fully saturated rings. The van der Waals surface area contributed by atoms with Gasteiger partial charge in [0.05, 0.1) is 23.7 Å². The number of aliphatic carboxylic acids is 1. The number of amides is 2. The van der Waals surface area contributed by atoms with Gasteiger partial charge in [0, 0.05) is 19.2 Å². The molecule has 0 unspecified atom stereocenters. The largest absolute Gasteiger partial charge is 0.497 e. The molecule has 0 spiro atoms. The summed E-state index contributed by atoms with van der Waals surface area (Å²) < 4.78 is 5.09. The van der Waals surface area contributed by atoms with E-state index in [-0.39, 0.29) is 11.9 Å². The number of anilines is 1. The lowest BCUT2D eigenvalue weighted by Gasteiger charge is -2.30. The summed E-state index contributed by atoms with van der Waals surface area (Å²) in [5, 5.41) is 12.1. The van der Waals surface area contributed by atoms with Crippen LogP contribution in [0.15, 0.2) is 18.2 Å². The Labute approximate surface area is 127 Å². The summed E-state index contributed by atoms with van der Waals surface area (Å²) in [5.41, 5.74) is 0.473. The highest BCUT2D eigenvalue weighted by Gasteiger charge is 2.27. The summed E-state index contributed by atoms with van der Waals surface area (Å²) >= 11 is 6.03. The first-order valence-corrected chi connectivity index (χ1v) is 7.01. The normalized spacial score (nSPS) is 15.6. The lowest BCUT2D eigenvalue weighted by molar-refractivity contribution is -0.143. The highest BCUT2D eigenvalue weighted by Crippen LogP contribution is 2.27. The standard InChI is InChI=1S/C14H17ClN2O4/c1-21-10-2-3-11(15)12(8-10)16-14(20)17-6-4-9(5-7-17)13(18)19/h2-3,8-9H,4-7H2,1H3,(H,16,20)(H,18,19). The van der Waals surface area contributed by atoms with E-state index in [2.05, 4.69) is 5.32 Å². The number of likely N-dealkylation sites (tertiary alicyclic amines) is 1. The predicted molar refractivity (Wildman–Crippen MR) is 79.0 cm³/mol. The molecule has 0 aromatic heterocycles. The molecular weight excluding hydrogens is 296 g/mol. The van der Waals surface area contributed by atoms with Gasteiger partial charge in [-0.15, -0.1) is 0 Å². The van der Waals surface area contributed by atoms with Crippen LogP contribution in [0.3, 0.4) is 0 Å². The first-order valence-electron chi connectivity index (χ1n) is 6.63. The monoisotopic (exact) mass is 312 g/mol. The Bertz CT molecular complexity index is 542. The molecule has 1 heterocycles. The van der Waals surface area contributed by atoms with Crippen molar-refractivity contribution in [3.63, 3.8) is 0 Å². The maximum absolute atomic E-state index is 12.2. The summed E-state index contributed by atoms with van der Waals surface area (Å²) in [5.74, 6) is -0.570. The van der Waals surface area contributed by atoms with E-state index < -0.39 is 5.97 Å². The Balaban J connectivity index is 1.98. The topological polar surface area (TPSA) is 78.9 Å². The number of halogens is 1. The van der Waals surface area contributed by atoms with Crippen molar-refractivity contribution in [2.75, 3.05) is 25.5 Å². The number of benzene rings is 1. The Morgan fingerprint density at radius 3 is 2.62 bits per heavy atom. The predicted octanol–water partition coefficient (Wildman–Crippen LogP) is 2.68. The summed E-state index contributed by atoms with van der Waals surface area (Å²) in [6.45, 7) is 0.842. The highest BCUT2D eigenvalue weighted by molar-refractivity contribution is 6.33. The van der Waals surface area contributed by atoms with Gasteiger partial charge in [0.15, 0.2) is 0 Å². The summed E-state index contributed by atoms with van der Waals surface area (Å²) in [6.07, 6.45) is 0.934. The summed E-state index contributed by atoms with van der Waals surface area (Å²) in [6, 6.07) is 4.71. The molecule has 21 heavy (non-hydrogen) atoms. The number of methoxy groups -OCH3 is 1. The lowest BCUT2D eigenvalue weighted by atomic mass is 9.97. The van der Waals surface area contributed by atoms with Crippen molar-refractivity contribution in [3.05, 3.63) is 23.2 Å². The first-order chi connectivity index (χ1) is 10.0. The van der Waals surface area contributed by atoms with Crippen molar-refractivity contribution in [2.24, 2.45) is 5.92 Å². The number of urea groups is 1. The average Bonchev–Trinajstić information content (AvgIpc) is 2.49. The number of ether oxygens (including phenoxy) is 1. The Hall–Kier alpha value is -1.95. The van der Waals surface area contributed by atoms with Crippen molar-refractivity contribution < 1.29 is 19.4 Å². The van der Waals surface area contributed by atoms with Crippen LogP contribution in [-0.2, 0) is 4.79 Å². The molecule has 2 amide bonds. The third-order valence-electron chi connectivity index (χ3n) is 3.55. The average molecular weight is 313 g/mol. The maximum atomic E-state index is 12.2. The zero-order chi connectivity index (χ0) is 15.4. The number of carbonyl (C=O) groups excluding carboxylic acids is 1. The highest BCUT2D eigenvalue weighted by atomic mass is 35.5. The van der Waals surface area contributed by atoms with Crippen LogP contribution in [0.25, 0.3) is 0 Å². The van der Waals surface area contributed by atoms with Gasteiger partial charge in [-0.1, -0.05) is 11.6 Å². The van der Waals surface area contributed by atoms with E-state index in [1.165, 1.54) is 7.11 Å². The van der Waals surface area contributed by atoms with E-state index in [4.69, 9.17) is 21.4 Å². The smallest absolute Gasteiger partial charge is 0.321 e. The number of nitrogens with one attached hydrogen (secondary N) is 1. The molecule has 1 aromatic rings. The third kappa shape index (κ3) is 3.78. The molecule has 0 bridgehead atoms. The first kappa shape index (κ1) is 15.4. The number of carboxylic acids is 1. The van der Waals surface area contributed by atoms with E-state index in [1.807, 2.05) is 0 Å². The van der Waals surface area contributed by atoms with Crippen molar-refractivity contribution in [1.82, 2.24) is 4.90 Å². The van der Waals surface area contributed by atoms with Crippen LogP contribution < -0.4 is 10.1 Å². The number of rotatable bonds is 3. The Morgan fingerprint density at radius 2 is 2.05 bits per heavy atom. The van der Waals surface area contributed by atoms with Crippen LogP contribution in [0.2, 0.25) is 5.02 Å². The zero-order valence-electron chi connectivity index (χ0n) is 11.6. The van der Waals surface area contributed by atoms with Gasteiger partial charge in [-0.25, -0.2) is 4.79 Å². The van der Waals surface area contributed by atoms with Crippen molar-refractivity contribution in [1.29, 1.82) is 0 Å². The molecule has 0 radical (unpaired) electrons. The van der Waals surface area contributed by atoms with Gasteiger partial charge in [-0.2, -0.15) is 0 Å². The molecule has 2 rings (SSSR count). The van der Waals surface area contributed by atoms with Gasteiger partial charge in [-0.05, 0) is 25.0 Å². The number of hydrogen-bond acceptors (Lipinski definition) is 3. The molecule has 0 atom stereocenters. The minimum absolute atomic E-state index is 0.283. The van der Waals surface area contributed by atoms with Crippen LogP contribution in [-0.4, -0.2) is 42.2 Å². The van der Waals surface area contributed by atoms with Gasteiger partial charge in [0.1, 0.15) is 5.75 Å². The minimum Gasteiger partial charge on any atom is -0.497 e. The van der Waals surface area contributed by atoms with Crippen LogP contribution in [0.1, 0.15) is 12.8 Å². The molecule has 6 nitrogen and oxygen atoms in total. The van der Waals surface area contributed by atoms with Gasteiger partial charge >= 0.3 is 12.0 Å². The fourth-order valence-corrected chi connectivity index (χ4v) is 2.42. The summed E-state index contributed by atoms with van der Waals surface area (Å²) in [4.78, 5) is 24.6. The van der Waals surface area contributed by atoms with Gasteiger partial charge < -0.3 is 20.1 Å². The van der Waals surface area contributed by atoms with Gasteiger partial charge in [0.25, 0.3) is 0 Å². The molecular formula is C14H17ClN2O4. The summed E-state index contributed by atoms with van der Waals surface area (Å²) in [7, 11) is 1.53. The van der Waals surface area contributed by atoms with E-state index in [9.17, 15) is 9.59 Å². The van der Waals surface area contributed by atoms with E-state index in [0.29, 0.717) is 42.4 Å². The van der Waals surface area contributed by atoms with E-state index in [1.54, 1.807) is 23.1 Å². The van der Waals surface area contributed by atoms with Crippen LogP contribution >= 0.6 is 11.6 Å². The number of carboxylic acid groups (broad SMARTS) is 1. The van der Waals surface area contributed by atoms with Gasteiger partial charge in [0.2, 0.25) is 0 Å². The number of hydrogen-bond donors (Lipinski definition) is 2. The second kappa shape index (κ2) is 6.67. The number of piperidine rings is 1. The molecule has 1 aromatic carbocycles. The van der Waals surface area contributed by atoms with Gasteiger partial charge in [-0.3, -0.25) is 4.79 Å². The Morgan fingerprint density at radius 1 is 1.38 bits per heavy atom. The maximum Gasteiger partial charge on any atom is 0.321 e. The lowest BCUT2D eigenvalue weighted by Crippen LogP contribution is -2.42. The Kier molecular flexibility index (Phi) is 4.90. The quantitative estimate of drug-likeness (QED) is 0.899. The molecule has 1 aliphatic heterocycles. The van der Waals surface area contributed by atoms with E-state index in [0.717, 1.165) is 0 Å². The molecule has 0 aliphatic carbocycles. The molecule has 114 valence electrons. The minimum atomic E-state index is -0.800. The molecule has 1 saturated heterocycles. The SMILES string of the molecule is COc1ccc(Cl)c(NC(=O)N2CCC(C(=O)O)CC2)c1. The number of carbonyl (C=O) groups is 2. The van der Waals surface area contributed by atoms with Crippen LogP contribution in [0, 0.1) is 5.92 Å². The van der Waals surface area contributed by atoms with Crippen LogP contribution in [0.4, 0.5) is 10.5 Å². The number of nitrogens with zero attached hydrogens (tertiary/aromatic N) is 1. The second-order valence-corrected chi connectivity index (χ2v) is 5.28. The van der Waals surface area contributed by atoms with Crippen molar-refractivity contribution >= 4 is 29.3 Å². The third-order valence-corrected chi connectivity index (χ3v) is 3.88. The molecule has 2 N–H and O–H groups in total. The molecule has 0 saturated carbocycles.